The van der Waals surface area contributed by atoms with Gasteiger partial charge in [0.25, 0.3) is 0 Å². The number of nitrogens with zero attached hydrogens (tertiary/aromatic N) is 1. The second-order valence-electron chi connectivity index (χ2n) is 4.92. The molecule has 0 spiro atoms. The Hall–Kier alpha value is -0.190. The van der Waals surface area contributed by atoms with Crippen LogP contribution in [0.3, 0.4) is 0 Å². The minimum Gasteiger partial charge on any atom is -0.493 e. The number of ether oxygens (including phenoxy) is 2. The molecule has 0 aliphatic carbocycles. The molecule has 1 rings (SSSR count). The van der Waals surface area contributed by atoms with Gasteiger partial charge in [-0.3, -0.25) is 4.99 Å². The summed E-state index contributed by atoms with van der Waals surface area (Å²) in [6.45, 7) is 4.28. The summed E-state index contributed by atoms with van der Waals surface area (Å²) in [4.78, 5) is 4.19. The van der Waals surface area contributed by atoms with Gasteiger partial charge in [-0.2, -0.15) is 11.8 Å². The van der Waals surface area contributed by atoms with Crippen molar-refractivity contribution in [1.82, 2.24) is 10.6 Å². The van der Waals surface area contributed by atoms with Gasteiger partial charge in [0, 0.05) is 42.7 Å². The summed E-state index contributed by atoms with van der Waals surface area (Å²) < 4.78 is 11.8. The molecule has 24 heavy (non-hydrogen) atoms. The Kier molecular flexibility index (Phi) is 15.0. The van der Waals surface area contributed by atoms with Gasteiger partial charge in [0.1, 0.15) is 5.75 Å². The van der Waals surface area contributed by atoms with Crippen molar-refractivity contribution < 1.29 is 9.47 Å². The maximum Gasteiger partial charge on any atom is 0.191 e. The van der Waals surface area contributed by atoms with E-state index in [2.05, 4.69) is 38.5 Å². The Morgan fingerprint density at radius 1 is 1.38 bits per heavy atom. The minimum atomic E-state index is 0. The summed E-state index contributed by atoms with van der Waals surface area (Å²) in [5, 5.41) is 6.56. The van der Waals surface area contributed by atoms with Crippen molar-refractivity contribution in [3.8, 4) is 5.75 Å². The predicted octanol–water partition coefficient (Wildman–Crippen LogP) is 3.38. The van der Waals surface area contributed by atoms with E-state index in [1.165, 1.54) is 0 Å². The fourth-order valence-electron chi connectivity index (χ4n) is 1.84. The zero-order valence-corrected chi connectivity index (χ0v) is 19.1. The van der Waals surface area contributed by atoms with E-state index in [1.807, 2.05) is 36.0 Å². The molecule has 138 valence electrons. The summed E-state index contributed by atoms with van der Waals surface area (Å²) in [6.07, 6.45) is 0. The molecule has 0 aromatic heterocycles. The highest BCUT2D eigenvalue weighted by molar-refractivity contribution is 14.0. The van der Waals surface area contributed by atoms with E-state index >= 15 is 0 Å². The third-order valence-electron chi connectivity index (χ3n) is 2.85. The molecule has 0 heterocycles. The number of hydrogen-bond donors (Lipinski definition) is 2. The van der Waals surface area contributed by atoms with E-state index in [9.17, 15) is 0 Å². The molecule has 1 atom stereocenters. The number of benzene rings is 1. The zero-order valence-electron chi connectivity index (χ0n) is 14.4. The maximum atomic E-state index is 5.69. The standard InChI is InChI=1S/C16H26BrN3O2S.HI/c1-13(12-21-3)20-16(18-2)19-7-9-23-10-8-22-15-6-4-5-14(17)11-15;/h4-6,11,13H,7-10,12H2,1-3H3,(H2,18,19,20);1H. The SMILES string of the molecule is CN=C(NCCSCCOc1cccc(Br)c1)NC(C)COC.I. The maximum absolute atomic E-state index is 5.69. The van der Waals surface area contributed by atoms with E-state index in [-0.39, 0.29) is 30.0 Å². The van der Waals surface area contributed by atoms with Gasteiger partial charge in [-0.1, -0.05) is 22.0 Å². The topological polar surface area (TPSA) is 54.9 Å². The van der Waals surface area contributed by atoms with Crippen LogP contribution in [0, 0.1) is 0 Å². The van der Waals surface area contributed by atoms with E-state index < -0.39 is 0 Å². The lowest BCUT2D eigenvalue weighted by Gasteiger charge is -2.17. The summed E-state index contributed by atoms with van der Waals surface area (Å²) >= 11 is 5.29. The average molecular weight is 532 g/mol. The van der Waals surface area contributed by atoms with E-state index in [0.717, 1.165) is 34.2 Å². The van der Waals surface area contributed by atoms with Crippen molar-refractivity contribution >= 4 is 57.6 Å². The molecule has 0 saturated heterocycles. The molecule has 0 radical (unpaired) electrons. The molecule has 1 unspecified atom stereocenters. The van der Waals surface area contributed by atoms with Crippen LogP contribution in [0.15, 0.2) is 33.7 Å². The Balaban J connectivity index is 0.00000529. The van der Waals surface area contributed by atoms with Crippen LogP contribution in [0.2, 0.25) is 0 Å². The highest BCUT2D eigenvalue weighted by Gasteiger charge is 2.03. The average Bonchev–Trinajstić information content (AvgIpc) is 2.53. The highest BCUT2D eigenvalue weighted by Crippen LogP contribution is 2.17. The van der Waals surface area contributed by atoms with Gasteiger partial charge in [-0.25, -0.2) is 0 Å². The van der Waals surface area contributed by atoms with Gasteiger partial charge in [-0.15, -0.1) is 24.0 Å². The molecule has 8 heteroatoms. The number of rotatable bonds is 10. The van der Waals surface area contributed by atoms with Crippen LogP contribution in [0.25, 0.3) is 0 Å². The molecule has 2 N–H and O–H groups in total. The van der Waals surface area contributed by atoms with Crippen LogP contribution in [0.5, 0.6) is 5.75 Å². The summed E-state index contributed by atoms with van der Waals surface area (Å²) in [5.41, 5.74) is 0. The minimum absolute atomic E-state index is 0. The van der Waals surface area contributed by atoms with E-state index in [1.54, 1.807) is 14.2 Å². The largest absolute Gasteiger partial charge is 0.493 e. The number of thioether (sulfide) groups is 1. The summed E-state index contributed by atoms with van der Waals surface area (Å²) in [7, 11) is 3.47. The van der Waals surface area contributed by atoms with E-state index in [4.69, 9.17) is 9.47 Å². The Morgan fingerprint density at radius 2 is 2.17 bits per heavy atom. The molecule has 0 fully saturated rings. The number of guanidine groups is 1. The monoisotopic (exact) mass is 531 g/mol. The van der Waals surface area contributed by atoms with Crippen molar-refractivity contribution in [2.75, 3.05) is 45.4 Å². The summed E-state index contributed by atoms with van der Waals surface area (Å²) in [6, 6.07) is 8.13. The molecule has 0 saturated carbocycles. The van der Waals surface area contributed by atoms with Crippen molar-refractivity contribution in [2.45, 2.75) is 13.0 Å². The molecule has 0 aliphatic heterocycles. The van der Waals surface area contributed by atoms with Crippen LogP contribution in [0.1, 0.15) is 6.92 Å². The van der Waals surface area contributed by atoms with Crippen LogP contribution < -0.4 is 15.4 Å². The Bertz CT molecular complexity index is 480. The van der Waals surface area contributed by atoms with Crippen LogP contribution in [-0.4, -0.2) is 57.4 Å². The first-order valence-electron chi connectivity index (χ1n) is 7.58. The Labute approximate surface area is 174 Å². The third kappa shape index (κ3) is 11.4. The Morgan fingerprint density at radius 3 is 2.83 bits per heavy atom. The lowest BCUT2D eigenvalue weighted by Crippen LogP contribution is -2.44. The normalized spacial score (nSPS) is 12.2. The zero-order chi connectivity index (χ0) is 16.9. The molecule has 0 aliphatic rings. The highest BCUT2D eigenvalue weighted by atomic mass is 127. The van der Waals surface area contributed by atoms with Gasteiger partial charge in [0.15, 0.2) is 5.96 Å². The van der Waals surface area contributed by atoms with Gasteiger partial charge in [-0.05, 0) is 25.1 Å². The van der Waals surface area contributed by atoms with Crippen molar-refractivity contribution in [2.24, 2.45) is 4.99 Å². The van der Waals surface area contributed by atoms with Crippen LogP contribution in [-0.2, 0) is 4.74 Å². The fraction of sp³-hybridized carbons (Fsp3) is 0.562. The predicted molar refractivity (Wildman–Crippen MR) is 118 cm³/mol. The lowest BCUT2D eigenvalue weighted by atomic mass is 10.3. The molecule has 5 nitrogen and oxygen atoms in total. The molecule has 0 amide bonds. The first-order chi connectivity index (χ1) is 11.2. The van der Waals surface area contributed by atoms with Crippen molar-refractivity contribution in [1.29, 1.82) is 0 Å². The van der Waals surface area contributed by atoms with Crippen LogP contribution >= 0.6 is 51.7 Å². The first kappa shape index (κ1) is 23.8. The van der Waals surface area contributed by atoms with Crippen LogP contribution in [0.4, 0.5) is 0 Å². The number of aliphatic imine (C=N–C) groups is 1. The number of halogens is 2. The lowest BCUT2D eigenvalue weighted by molar-refractivity contribution is 0.179. The van der Waals surface area contributed by atoms with Crippen molar-refractivity contribution in [3.05, 3.63) is 28.7 Å². The molecule has 1 aromatic carbocycles. The van der Waals surface area contributed by atoms with E-state index in [0.29, 0.717) is 13.2 Å². The quantitative estimate of drug-likeness (QED) is 0.210. The molecule has 0 bridgehead atoms. The number of methoxy groups -OCH3 is 1. The van der Waals surface area contributed by atoms with Gasteiger partial charge >= 0.3 is 0 Å². The van der Waals surface area contributed by atoms with Gasteiger partial charge in [0.2, 0.25) is 0 Å². The second kappa shape index (κ2) is 15.1. The third-order valence-corrected chi connectivity index (χ3v) is 4.30. The smallest absolute Gasteiger partial charge is 0.191 e. The summed E-state index contributed by atoms with van der Waals surface area (Å²) in [5.74, 6) is 3.66. The molecular formula is C16H27BrIN3O2S. The van der Waals surface area contributed by atoms with Gasteiger partial charge < -0.3 is 20.1 Å². The number of nitrogens with one attached hydrogen (secondary N) is 2. The van der Waals surface area contributed by atoms with Crippen molar-refractivity contribution in [3.63, 3.8) is 0 Å². The number of hydrogen-bond acceptors (Lipinski definition) is 4. The molecular weight excluding hydrogens is 505 g/mol. The van der Waals surface area contributed by atoms with Gasteiger partial charge in [0.05, 0.1) is 13.2 Å². The fourth-order valence-corrected chi connectivity index (χ4v) is 2.87. The second-order valence-corrected chi connectivity index (χ2v) is 7.06. The molecule has 1 aromatic rings. The first-order valence-corrected chi connectivity index (χ1v) is 9.52.